The molecule has 1 saturated carbocycles. The minimum absolute atomic E-state index is 0. The van der Waals surface area contributed by atoms with Crippen molar-refractivity contribution in [3.8, 4) is 0 Å². The van der Waals surface area contributed by atoms with Crippen LogP contribution in [-0.2, 0) is 9.53 Å². The van der Waals surface area contributed by atoms with Crippen LogP contribution in [0.1, 0.15) is 25.7 Å². The van der Waals surface area contributed by atoms with E-state index >= 15 is 0 Å². The SMILES string of the molecule is COC(=O)C1(C2CCCNC2)CC1.Cl. The van der Waals surface area contributed by atoms with Gasteiger partial charge in [-0.25, -0.2) is 0 Å². The highest BCUT2D eigenvalue weighted by atomic mass is 35.5. The average Bonchev–Trinajstić information content (AvgIpc) is 2.99. The van der Waals surface area contributed by atoms with Crippen LogP contribution in [0, 0.1) is 11.3 Å². The van der Waals surface area contributed by atoms with Gasteiger partial charge >= 0.3 is 5.97 Å². The number of esters is 1. The van der Waals surface area contributed by atoms with E-state index in [-0.39, 0.29) is 23.8 Å². The summed E-state index contributed by atoms with van der Waals surface area (Å²) in [6.07, 6.45) is 4.45. The van der Waals surface area contributed by atoms with Crippen molar-refractivity contribution >= 4 is 18.4 Å². The average molecular weight is 220 g/mol. The summed E-state index contributed by atoms with van der Waals surface area (Å²) in [5, 5.41) is 3.35. The number of halogens is 1. The summed E-state index contributed by atoms with van der Waals surface area (Å²) in [6, 6.07) is 0. The molecule has 0 aromatic rings. The monoisotopic (exact) mass is 219 g/mol. The lowest BCUT2D eigenvalue weighted by Gasteiger charge is -2.28. The molecule has 0 spiro atoms. The first kappa shape index (κ1) is 11.8. The first-order chi connectivity index (χ1) is 6.29. The predicted octanol–water partition coefficient (Wildman–Crippen LogP) is 1.36. The van der Waals surface area contributed by atoms with Gasteiger partial charge in [-0.3, -0.25) is 4.79 Å². The first-order valence-corrected chi connectivity index (χ1v) is 5.09. The summed E-state index contributed by atoms with van der Waals surface area (Å²) in [5.41, 5.74) is -0.0951. The van der Waals surface area contributed by atoms with Gasteiger partial charge in [-0.15, -0.1) is 12.4 Å². The summed E-state index contributed by atoms with van der Waals surface area (Å²) >= 11 is 0. The Morgan fingerprint density at radius 2 is 2.21 bits per heavy atom. The largest absolute Gasteiger partial charge is 0.469 e. The van der Waals surface area contributed by atoms with Crippen LogP contribution >= 0.6 is 12.4 Å². The van der Waals surface area contributed by atoms with Gasteiger partial charge in [0.15, 0.2) is 0 Å². The Morgan fingerprint density at radius 1 is 1.50 bits per heavy atom. The lowest BCUT2D eigenvalue weighted by atomic mass is 9.83. The topological polar surface area (TPSA) is 38.3 Å². The number of carbonyl (C=O) groups is 1. The van der Waals surface area contributed by atoms with Crippen LogP contribution in [0.3, 0.4) is 0 Å². The van der Waals surface area contributed by atoms with E-state index in [0.717, 1.165) is 25.9 Å². The van der Waals surface area contributed by atoms with Crippen LogP contribution in [0.4, 0.5) is 0 Å². The van der Waals surface area contributed by atoms with Gasteiger partial charge in [0.1, 0.15) is 0 Å². The summed E-state index contributed by atoms with van der Waals surface area (Å²) in [7, 11) is 1.50. The van der Waals surface area contributed by atoms with Crippen LogP contribution in [0.2, 0.25) is 0 Å². The van der Waals surface area contributed by atoms with Crippen molar-refractivity contribution in [3.05, 3.63) is 0 Å². The van der Waals surface area contributed by atoms with E-state index in [9.17, 15) is 4.79 Å². The van der Waals surface area contributed by atoms with Gasteiger partial charge in [0.2, 0.25) is 0 Å². The van der Waals surface area contributed by atoms with Crippen LogP contribution in [0.15, 0.2) is 0 Å². The molecule has 1 aliphatic heterocycles. The second-order valence-corrected chi connectivity index (χ2v) is 4.19. The first-order valence-electron chi connectivity index (χ1n) is 5.09. The van der Waals surface area contributed by atoms with Crippen LogP contribution < -0.4 is 5.32 Å². The normalized spacial score (nSPS) is 28.8. The van der Waals surface area contributed by atoms with Crippen LogP contribution in [0.25, 0.3) is 0 Å². The number of methoxy groups -OCH3 is 1. The second-order valence-electron chi connectivity index (χ2n) is 4.19. The molecule has 1 N–H and O–H groups in total. The van der Waals surface area contributed by atoms with Gasteiger partial charge in [0.05, 0.1) is 12.5 Å². The Balaban J connectivity index is 0.000000980. The van der Waals surface area contributed by atoms with Crippen molar-refractivity contribution in [2.45, 2.75) is 25.7 Å². The summed E-state index contributed by atoms with van der Waals surface area (Å²) < 4.78 is 4.86. The zero-order valence-corrected chi connectivity index (χ0v) is 9.36. The Hall–Kier alpha value is -0.280. The maximum atomic E-state index is 11.5. The molecule has 0 radical (unpaired) electrons. The van der Waals surface area contributed by atoms with Gasteiger partial charge in [-0.05, 0) is 44.7 Å². The van der Waals surface area contributed by atoms with Gasteiger partial charge in [0.25, 0.3) is 0 Å². The van der Waals surface area contributed by atoms with Crippen LogP contribution in [-0.4, -0.2) is 26.2 Å². The molecular formula is C10H18ClNO2. The fraction of sp³-hybridized carbons (Fsp3) is 0.900. The Kier molecular flexibility index (Phi) is 3.78. The fourth-order valence-electron chi connectivity index (χ4n) is 2.44. The minimum Gasteiger partial charge on any atom is -0.469 e. The molecule has 1 heterocycles. The Bertz CT molecular complexity index is 210. The molecule has 2 rings (SSSR count). The maximum absolute atomic E-state index is 11.5. The number of nitrogens with one attached hydrogen (secondary N) is 1. The number of rotatable bonds is 2. The number of hydrogen-bond acceptors (Lipinski definition) is 3. The van der Waals surface area contributed by atoms with Gasteiger partial charge in [0, 0.05) is 0 Å². The minimum atomic E-state index is -0.0951. The van der Waals surface area contributed by atoms with E-state index in [1.165, 1.54) is 20.0 Å². The van der Waals surface area contributed by atoms with E-state index in [4.69, 9.17) is 4.74 Å². The summed E-state index contributed by atoms with van der Waals surface area (Å²) in [4.78, 5) is 11.5. The van der Waals surface area contributed by atoms with Crippen molar-refractivity contribution in [1.82, 2.24) is 5.32 Å². The third kappa shape index (κ3) is 1.89. The van der Waals surface area contributed by atoms with Crippen molar-refractivity contribution in [2.24, 2.45) is 11.3 Å². The molecule has 0 aromatic heterocycles. The Morgan fingerprint density at radius 3 is 2.64 bits per heavy atom. The fourth-order valence-corrected chi connectivity index (χ4v) is 2.44. The van der Waals surface area contributed by atoms with Gasteiger partial charge < -0.3 is 10.1 Å². The molecule has 2 fully saturated rings. The second kappa shape index (κ2) is 4.49. The predicted molar refractivity (Wildman–Crippen MR) is 56.5 cm³/mol. The molecule has 0 bridgehead atoms. The third-order valence-electron chi connectivity index (χ3n) is 3.46. The standard InChI is InChI=1S/C10H17NO2.ClH/c1-13-9(12)10(4-5-10)8-3-2-6-11-7-8;/h8,11H,2-7H2,1H3;1H. The van der Waals surface area contributed by atoms with E-state index in [1.54, 1.807) is 0 Å². The highest BCUT2D eigenvalue weighted by molar-refractivity contribution is 5.85. The molecular weight excluding hydrogens is 202 g/mol. The number of carbonyl (C=O) groups excluding carboxylic acids is 1. The molecule has 3 nitrogen and oxygen atoms in total. The summed E-state index contributed by atoms with van der Waals surface area (Å²) in [6.45, 7) is 2.10. The van der Waals surface area contributed by atoms with Crippen molar-refractivity contribution in [1.29, 1.82) is 0 Å². The van der Waals surface area contributed by atoms with Crippen molar-refractivity contribution in [3.63, 3.8) is 0 Å². The van der Waals surface area contributed by atoms with E-state index in [1.807, 2.05) is 0 Å². The number of hydrogen-bond donors (Lipinski definition) is 1. The quantitative estimate of drug-likeness (QED) is 0.713. The molecule has 0 amide bonds. The van der Waals surface area contributed by atoms with Gasteiger partial charge in [-0.1, -0.05) is 0 Å². The molecule has 1 unspecified atom stereocenters. The molecule has 0 aromatic carbocycles. The van der Waals surface area contributed by atoms with E-state index in [2.05, 4.69) is 5.32 Å². The molecule has 14 heavy (non-hydrogen) atoms. The molecule has 4 heteroatoms. The third-order valence-corrected chi connectivity index (χ3v) is 3.46. The molecule has 82 valence electrons. The molecule has 1 aliphatic carbocycles. The lowest BCUT2D eigenvalue weighted by molar-refractivity contribution is -0.149. The van der Waals surface area contributed by atoms with E-state index < -0.39 is 0 Å². The molecule has 1 atom stereocenters. The van der Waals surface area contributed by atoms with Crippen molar-refractivity contribution in [2.75, 3.05) is 20.2 Å². The Labute approximate surface area is 91.0 Å². The molecule has 1 saturated heterocycles. The van der Waals surface area contributed by atoms with Gasteiger partial charge in [-0.2, -0.15) is 0 Å². The lowest BCUT2D eigenvalue weighted by Crippen LogP contribution is -2.38. The highest BCUT2D eigenvalue weighted by Gasteiger charge is 2.56. The maximum Gasteiger partial charge on any atom is 0.312 e. The number of ether oxygens (including phenoxy) is 1. The highest BCUT2D eigenvalue weighted by Crippen LogP contribution is 2.54. The summed E-state index contributed by atoms with van der Waals surface area (Å²) in [5.74, 6) is 0.537. The zero-order chi connectivity index (χ0) is 9.31. The van der Waals surface area contributed by atoms with Crippen LogP contribution in [0.5, 0.6) is 0 Å². The smallest absolute Gasteiger partial charge is 0.312 e. The van der Waals surface area contributed by atoms with Crippen molar-refractivity contribution < 1.29 is 9.53 Å². The molecule has 2 aliphatic rings. The number of piperidine rings is 1. The zero-order valence-electron chi connectivity index (χ0n) is 8.54. The van der Waals surface area contributed by atoms with E-state index in [0.29, 0.717) is 5.92 Å².